The first-order valence-corrected chi connectivity index (χ1v) is 6.19. The second kappa shape index (κ2) is 6.08. The highest BCUT2D eigenvalue weighted by atomic mass is 79.9. The van der Waals surface area contributed by atoms with E-state index in [2.05, 4.69) is 25.7 Å². The van der Waals surface area contributed by atoms with Gasteiger partial charge in [0.15, 0.2) is 0 Å². The zero-order valence-corrected chi connectivity index (χ0v) is 11.4. The predicted molar refractivity (Wildman–Crippen MR) is 59.9 cm³/mol. The van der Waals surface area contributed by atoms with Crippen molar-refractivity contribution in [2.24, 2.45) is 0 Å². The van der Waals surface area contributed by atoms with Gasteiger partial charge in [-0.25, -0.2) is 4.98 Å². The van der Waals surface area contributed by atoms with Crippen LogP contribution in [-0.2, 0) is 22.7 Å². The first kappa shape index (κ1) is 17.5. The predicted octanol–water partition coefficient (Wildman–Crippen LogP) is 3.52. The Morgan fingerprint density at radius 3 is 2.24 bits per heavy atom. The molecule has 0 aliphatic rings. The van der Waals surface area contributed by atoms with Gasteiger partial charge in [-0.3, -0.25) is 4.79 Å². The molecular formula is C10H6BrF6NO3. The SMILES string of the molecule is O=C(O)Cc1cc(OC(F)(F)F)nc(CBr)c1C(F)(F)F. The van der Waals surface area contributed by atoms with Crippen molar-refractivity contribution in [2.45, 2.75) is 24.3 Å². The average molecular weight is 382 g/mol. The van der Waals surface area contributed by atoms with Crippen molar-refractivity contribution in [3.05, 3.63) is 22.9 Å². The summed E-state index contributed by atoms with van der Waals surface area (Å²) in [5.74, 6) is -2.79. The van der Waals surface area contributed by atoms with Gasteiger partial charge in [0, 0.05) is 11.4 Å². The van der Waals surface area contributed by atoms with Crippen LogP contribution in [0.2, 0.25) is 0 Å². The summed E-state index contributed by atoms with van der Waals surface area (Å²) in [4.78, 5) is 13.7. The lowest BCUT2D eigenvalue weighted by atomic mass is 10.0. The molecule has 4 nitrogen and oxygen atoms in total. The molecule has 118 valence electrons. The first-order valence-electron chi connectivity index (χ1n) is 5.07. The molecule has 0 spiro atoms. The summed E-state index contributed by atoms with van der Waals surface area (Å²) < 4.78 is 78.4. The minimum atomic E-state index is -5.16. The number of halogens is 7. The van der Waals surface area contributed by atoms with Crippen LogP contribution in [0.25, 0.3) is 0 Å². The van der Waals surface area contributed by atoms with E-state index in [0.717, 1.165) is 0 Å². The molecule has 0 aliphatic heterocycles. The van der Waals surface area contributed by atoms with E-state index in [4.69, 9.17) is 5.11 Å². The molecule has 1 aromatic heterocycles. The molecule has 0 aliphatic carbocycles. The molecule has 0 radical (unpaired) electrons. The maximum absolute atomic E-state index is 12.9. The van der Waals surface area contributed by atoms with Gasteiger partial charge in [0.2, 0.25) is 5.88 Å². The number of alkyl halides is 7. The summed E-state index contributed by atoms with van der Waals surface area (Å²) in [5, 5.41) is 8.06. The molecule has 0 aromatic carbocycles. The van der Waals surface area contributed by atoms with Gasteiger partial charge >= 0.3 is 18.5 Å². The Morgan fingerprint density at radius 2 is 1.86 bits per heavy atom. The Balaban J connectivity index is 3.46. The molecule has 11 heteroatoms. The fourth-order valence-corrected chi connectivity index (χ4v) is 1.95. The number of aliphatic carboxylic acids is 1. The summed E-state index contributed by atoms with van der Waals surface area (Å²) in [7, 11) is 0. The van der Waals surface area contributed by atoms with Crippen LogP contribution < -0.4 is 4.74 Å². The zero-order valence-electron chi connectivity index (χ0n) is 9.85. The Kier molecular flexibility index (Phi) is 5.07. The van der Waals surface area contributed by atoms with E-state index in [0.29, 0.717) is 6.07 Å². The van der Waals surface area contributed by atoms with E-state index in [1.54, 1.807) is 0 Å². The monoisotopic (exact) mass is 381 g/mol. The van der Waals surface area contributed by atoms with Gasteiger partial charge in [-0.05, 0) is 5.56 Å². The largest absolute Gasteiger partial charge is 0.574 e. The Labute approximate surface area is 121 Å². The van der Waals surface area contributed by atoms with E-state index in [-0.39, 0.29) is 0 Å². The van der Waals surface area contributed by atoms with Crippen molar-refractivity contribution >= 4 is 21.9 Å². The van der Waals surface area contributed by atoms with E-state index < -0.39 is 53.0 Å². The molecule has 0 saturated carbocycles. The molecule has 0 fully saturated rings. The highest BCUT2D eigenvalue weighted by Crippen LogP contribution is 2.37. The number of aromatic nitrogens is 1. The van der Waals surface area contributed by atoms with Crippen molar-refractivity contribution in [3.63, 3.8) is 0 Å². The lowest BCUT2D eigenvalue weighted by Gasteiger charge is -2.17. The maximum atomic E-state index is 12.9. The van der Waals surface area contributed by atoms with Gasteiger partial charge in [-0.15, -0.1) is 13.2 Å². The van der Waals surface area contributed by atoms with Crippen molar-refractivity contribution in [1.82, 2.24) is 4.98 Å². The molecule has 1 aromatic rings. The minimum absolute atomic E-state index is 0.316. The van der Waals surface area contributed by atoms with Gasteiger partial charge in [-0.2, -0.15) is 13.2 Å². The van der Waals surface area contributed by atoms with Crippen LogP contribution in [0.1, 0.15) is 16.8 Å². The number of nitrogens with zero attached hydrogens (tertiary/aromatic N) is 1. The Morgan fingerprint density at radius 1 is 1.29 bits per heavy atom. The van der Waals surface area contributed by atoms with Crippen LogP contribution in [0.15, 0.2) is 6.07 Å². The van der Waals surface area contributed by atoms with Crippen LogP contribution in [0.5, 0.6) is 5.88 Å². The molecule has 0 atom stereocenters. The summed E-state index contributed by atoms with van der Waals surface area (Å²) in [6.45, 7) is 0. The number of rotatable bonds is 4. The Bertz CT molecular complexity index is 543. The quantitative estimate of drug-likeness (QED) is 0.640. The minimum Gasteiger partial charge on any atom is -0.481 e. The molecule has 0 bridgehead atoms. The second-order valence-corrected chi connectivity index (χ2v) is 4.25. The Hall–Kier alpha value is -1.52. The molecule has 1 heterocycles. The van der Waals surface area contributed by atoms with Gasteiger partial charge in [0.1, 0.15) is 0 Å². The zero-order chi connectivity index (χ0) is 16.4. The maximum Gasteiger partial charge on any atom is 0.574 e. The topological polar surface area (TPSA) is 59.4 Å². The van der Waals surface area contributed by atoms with Crippen molar-refractivity contribution in [1.29, 1.82) is 0 Å². The summed E-state index contributed by atoms with van der Waals surface area (Å²) in [6.07, 6.45) is -11.2. The molecule has 0 saturated heterocycles. The van der Waals surface area contributed by atoms with Crippen molar-refractivity contribution in [2.75, 3.05) is 0 Å². The van der Waals surface area contributed by atoms with Gasteiger partial charge in [0.05, 0.1) is 17.7 Å². The van der Waals surface area contributed by atoms with E-state index >= 15 is 0 Å². The van der Waals surface area contributed by atoms with Crippen LogP contribution >= 0.6 is 15.9 Å². The van der Waals surface area contributed by atoms with E-state index in [1.807, 2.05) is 0 Å². The number of hydrogen-bond acceptors (Lipinski definition) is 3. The number of hydrogen-bond donors (Lipinski definition) is 1. The van der Waals surface area contributed by atoms with Crippen LogP contribution in [0.3, 0.4) is 0 Å². The van der Waals surface area contributed by atoms with Gasteiger partial charge in [-0.1, -0.05) is 15.9 Å². The second-order valence-electron chi connectivity index (χ2n) is 3.69. The fourth-order valence-electron chi connectivity index (χ4n) is 1.54. The highest BCUT2D eigenvalue weighted by molar-refractivity contribution is 9.08. The van der Waals surface area contributed by atoms with Gasteiger partial charge in [0.25, 0.3) is 0 Å². The van der Waals surface area contributed by atoms with Crippen LogP contribution in [-0.4, -0.2) is 22.4 Å². The van der Waals surface area contributed by atoms with Gasteiger partial charge < -0.3 is 9.84 Å². The third-order valence-electron chi connectivity index (χ3n) is 2.12. The van der Waals surface area contributed by atoms with E-state index in [9.17, 15) is 31.1 Å². The number of ether oxygens (including phenoxy) is 1. The molecule has 0 unspecified atom stereocenters. The number of carboxylic acid groups (broad SMARTS) is 1. The standard InChI is InChI=1S/C10H6BrF6NO3/c11-3-5-8(9(12,13)14)4(2-7(19)20)1-6(18-5)21-10(15,16)17/h1H,2-3H2,(H,19,20). The molecular weight excluding hydrogens is 376 g/mol. The number of carbonyl (C=O) groups is 1. The van der Waals surface area contributed by atoms with Crippen LogP contribution in [0.4, 0.5) is 26.3 Å². The normalized spacial score (nSPS) is 12.3. The first-order chi connectivity index (χ1) is 9.44. The van der Waals surface area contributed by atoms with Crippen molar-refractivity contribution < 1.29 is 41.0 Å². The summed E-state index contributed by atoms with van der Waals surface area (Å²) in [6, 6.07) is 0.316. The number of pyridine rings is 1. The van der Waals surface area contributed by atoms with Crippen LogP contribution in [0, 0.1) is 0 Å². The highest BCUT2D eigenvalue weighted by Gasteiger charge is 2.39. The third kappa shape index (κ3) is 5.06. The average Bonchev–Trinajstić information content (AvgIpc) is 2.22. The molecule has 21 heavy (non-hydrogen) atoms. The van der Waals surface area contributed by atoms with E-state index in [1.165, 1.54) is 0 Å². The number of carboxylic acids is 1. The molecule has 1 N–H and O–H groups in total. The lowest BCUT2D eigenvalue weighted by molar-refractivity contribution is -0.276. The lowest BCUT2D eigenvalue weighted by Crippen LogP contribution is -2.21. The molecule has 1 rings (SSSR count). The summed E-state index contributed by atoms with van der Waals surface area (Å²) in [5.41, 5.74) is -3.05. The smallest absolute Gasteiger partial charge is 0.481 e. The third-order valence-corrected chi connectivity index (χ3v) is 2.66. The fraction of sp³-hybridized carbons (Fsp3) is 0.400. The summed E-state index contributed by atoms with van der Waals surface area (Å²) >= 11 is 2.67. The van der Waals surface area contributed by atoms with Crippen molar-refractivity contribution in [3.8, 4) is 5.88 Å². The molecule has 0 amide bonds.